The molecule has 0 heterocycles. The Labute approximate surface area is 184 Å². The molecule has 0 aliphatic heterocycles. The molecule has 2 aromatic carbocycles. The first-order chi connectivity index (χ1) is 14.6. The quantitative estimate of drug-likeness (QED) is 0.258. The molecule has 2 aromatic rings. The van der Waals surface area contributed by atoms with E-state index in [1.54, 1.807) is 36.4 Å². The average Bonchev–Trinajstić information content (AvgIpc) is 2.75. The van der Waals surface area contributed by atoms with Crippen molar-refractivity contribution in [3.8, 4) is 11.5 Å². The van der Waals surface area contributed by atoms with Crippen LogP contribution in [0.3, 0.4) is 0 Å². The minimum absolute atomic E-state index is 0.216. The van der Waals surface area contributed by atoms with Crippen molar-refractivity contribution in [2.45, 2.75) is 39.0 Å². The molecule has 30 heavy (non-hydrogen) atoms. The van der Waals surface area contributed by atoms with Crippen molar-refractivity contribution in [3.05, 3.63) is 66.7 Å². The highest BCUT2D eigenvalue weighted by atomic mass is 32.1. The van der Waals surface area contributed by atoms with Crippen LogP contribution in [0.5, 0.6) is 11.5 Å². The average molecular weight is 427 g/mol. The first-order valence-electron chi connectivity index (χ1n) is 10.3. The van der Waals surface area contributed by atoms with Crippen LogP contribution in [0, 0.1) is 0 Å². The second-order valence-corrected chi connectivity index (χ2v) is 7.23. The number of thiocarbonyl (C=S) groups is 1. The van der Waals surface area contributed by atoms with E-state index >= 15 is 0 Å². The molecular weight excluding hydrogens is 396 g/mol. The van der Waals surface area contributed by atoms with Gasteiger partial charge < -0.3 is 14.8 Å². The smallest absolute Gasteiger partial charge is 0.257 e. The maximum absolute atomic E-state index is 12.4. The Balaban J connectivity index is 1.78. The van der Waals surface area contributed by atoms with Crippen molar-refractivity contribution in [3.63, 3.8) is 0 Å². The summed E-state index contributed by atoms with van der Waals surface area (Å²) in [6.07, 6.45) is 7.66. The summed E-state index contributed by atoms with van der Waals surface area (Å²) >= 11 is 5.24. The minimum atomic E-state index is -0.280. The normalized spacial score (nSPS) is 10.2. The lowest BCUT2D eigenvalue weighted by atomic mass is 10.2. The number of nitrogens with one attached hydrogen (secondary N) is 2. The first-order valence-corrected chi connectivity index (χ1v) is 10.7. The topological polar surface area (TPSA) is 59.6 Å². The molecule has 0 fully saturated rings. The molecule has 0 spiro atoms. The Kier molecular flexibility index (Phi) is 10.4. The predicted octanol–water partition coefficient (Wildman–Crippen LogP) is 5.73. The Morgan fingerprint density at radius 1 is 1.03 bits per heavy atom. The third-order valence-electron chi connectivity index (χ3n) is 4.32. The minimum Gasteiger partial charge on any atom is -0.494 e. The van der Waals surface area contributed by atoms with Crippen LogP contribution < -0.4 is 20.1 Å². The molecule has 2 rings (SSSR count). The fourth-order valence-corrected chi connectivity index (χ4v) is 2.97. The van der Waals surface area contributed by atoms with Gasteiger partial charge in [0.25, 0.3) is 5.91 Å². The van der Waals surface area contributed by atoms with Gasteiger partial charge in [0.2, 0.25) is 0 Å². The second-order valence-electron chi connectivity index (χ2n) is 6.82. The monoisotopic (exact) mass is 426 g/mol. The molecule has 0 unspecified atom stereocenters. The molecule has 0 atom stereocenters. The summed E-state index contributed by atoms with van der Waals surface area (Å²) in [6, 6.07) is 14.4. The third kappa shape index (κ3) is 8.66. The van der Waals surface area contributed by atoms with Gasteiger partial charge in [-0.15, -0.1) is 0 Å². The fraction of sp³-hybridized carbons (Fsp3) is 0.333. The van der Waals surface area contributed by atoms with Gasteiger partial charge >= 0.3 is 0 Å². The van der Waals surface area contributed by atoms with Crippen molar-refractivity contribution in [2.24, 2.45) is 0 Å². The molecule has 2 N–H and O–H groups in total. The van der Waals surface area contributed by atoms with Crippen LogP contribution >= 0.6 is 12.2 Å². The number of carbonyl (C=O) groups is 1. The van der Waals surface area contributed by atoms with E-state index in [4.69, 9.17) is 21.7 Å². The highest BCUT2D eigenvalue weighted by Gasteiger charge is 2.09. The van der Waals surface area contributed by atoms with E-state index in [-0.39, 0.29) is 11.0 Å². The number of unbranched alkanes of at least 4 members (excludes halogenated alkanes) is 4. The molecule has 0 aliphatic rings. The molecule has 6 heteroatoms. The molecule has 0 bridgehead atoms. The van der Waals surface area contributed by atoms with E-state index in [1.165, 1.54) is 25.7 Å². The largest absolute Gasteiger partial charge is 0.494 e. The number of hydrogen-bond donors (Lipinski definition) is 2. The number of rotatable bonds is 12. The summed E-state index contributed by atoms with van der Waals surface area (Å²) in [6.45, 7) is 6.94. The van der Waals surface area contributed by atoms with Crippen LogP contribution in [0.25, 0.3) is 0 Å². The van der Waals surface area contributed by atoms with Gasteiger partial charge in [-0.1, -0.05) is 51.3 Å². The SMILES string of the molecule is C=CCOc1cccc(NC(=S)NC(=O)c2ccc(OCCCCCCC)cc2)c1. The van der Waals surface area contributed by atoms with Crippen LogP contribution in [0.15, 0.2) is 61.2 Å². The Bertz CT molecular complexity index is 821. The van der Waals surface area contributed by atoms with Crippen LogP contribution in [-0.2, 0) is 0 Å². The summed E-state index contributed by atoms with van der Waals surface area (Å²) in [4.78, 5) is 12.4. The Hall–Kier alpha value is -2.86. The third-order valence-corrected chi connectivity index (χ3v) is 4.52. The van der Waals surface area contributed by atoms with E-state index in [0.717, 1.165) is 17.9 Å². The van der Waals surface area contributed by atoms with Crippen molar-refractivity contribution < 1.29 is 14.3 Å². The molecule has 0 saturated heterocycles. The number of anilines is 1. The van der Waals surface area contributed by atoms with E-state index in [2.05, 4.69) is 24.1 Å². The van der Waals surface area contributed by atoms with E-state index in [9.17, 15) is 4.79 Å². The second kappa shape index (κ2) is 13.4. The van der Waals surface area contributed by atoms with Crippen molar-refractivity contribution >= 4 is 28.9 Å². The molecule has 160 valence electrons. The standard InChI is InChI=1S/C24H30N2O3S/c1-3-5-6-7-8-17-29-21-14-12-19(13-15-21)23(27)26-24(30)25-20-10-9-11-22(18-20)28-16-4-2/h4,9-15,18H,2-3,5-8,16-17H2,1H3,(H2,25,26,27,30). The van der Waals surface area contributed by atoms with Crippen LogP contribution in [0.2, 0.25) is 0 Å². The van der Waals surface area contributed by atoms with Crippen LogP contribution in [0.1, 0.15) is 49.4 Å². The summed E-state index contributed by atoms with van der Waals surface area (Å²) in [5, 5.41) is 5.89. The summed E-state index contributed by atoms with van der Waals surface area (Å²) in [7, 11) is 0. The van der Waals surface area contributed by atoms with Gasteiger partial charge in [0.15, 0.2) is 5.11 Å². The van der Waals surface area contributed by atoms with E-state index in [0.29, 0.717) is 24.5 Å². The highest BCUT2D eigenvalue weighted by molar-refractivity contribution is 7.80. The molecule has 5 nitrogen and oxygen atoms in total. The maximum Gasteiger partial charge on any atom is 0.257 e. The lowest BCUT2D eigenvalue weighted by Crippen LogP contribution is -2.34. The highest BCUT2D eigenvalue weighted by Crippen LogP contribution is 2.17. The van der Waals surface area contributed by atoms with Gasteiger partial charge in [-0.3, -0.25) is 10.1 Å². The molecule has 1 amide bonds. The van der Waals surface area contributed by atoms with Gasteiger partial charge in [0.1, 0.15) is 18.1 Å². The lowest BCUT2D eigenvalue weighted by Gasteiger charge is -2.11. The summed E-state index contributed by atoms with van der Waals surface area (Å²) < 4.78 is 11.2. The number of benzene rings is 2. The fourth-order valence-electron chi connectivity index (χ4n) is 2.75. The molecular formula is C24H30N2O3S. The molecule has 0 aromatic heterocycles. The molecule has 0 saturated carbocycles. The number of carbonyl (C=O) groups excluding carboxylic acids is 1. The van der Waals surface area contributed by atoms with Crippen molar-refractivity contribution in [1.82, 2.24) is 5.32 Å². The van der Waals surface area contributed by atoms with E-state index < -0.39 is 0 Å². The zero-order valence-corrected chi connectivity index (χ0v) is 18.3. The van der Waals surface area contributed by atoms with E-state index in [1.807, 2.05) is 18.2 Å². The van der Waals surface area contributed by atoms with Gasteiger partial charge in [0.05, 0.1) is 6.61 Å². The Morgan fingerprint density at radius 2 is 1.80 bits per heavy atom. The first kappa shape index (κ1) is 23.4. The molecule has 0 radical (unpaired) electrons. The number of hydrogen-bond acceptors (Lipinski definition) is 4. The maximum atomic E-state index is 12.4. The lowest BCUT2D eigenvalue weighted by molar-refractivity contribution is 0.0977. The Morgan fingerprint density at radius 3 is 2.53 bits per heavy atom. The van der Waals surface area contributed by atoms with Crippen LogP contribution in [0.4, 0.5) is 5.69 Å². The summed E-state index contributed by atoms with van der Waals surface area (Å²) in [5.74, 6) is 1.17. The number of ether oxygens (including phenoxy) is 2. The zero-order valence-electron chi connectivity index (χ0n) is 17.5. The van der Waals surface area contributed by atoms with Crippen molar-refractivity contribution in [1.29, 1.82) is 0 Å². The summed E-state index contributed by atoms with van der Waals surface area (Å²) in [5.41, 5.74) is 1.24. The van der Waals surface area contributed by atoms with Crippen LogP contribution in [-0.4, -0.2) is 24.2 Å². The van der Waals surface area contributed by atoms with Gasteiger partial charge in [0, 0.05) is 17.3 Å². The van der Waals surface area contributed by atoms with Crippen molar-refractivity contribution in [2.75, 3.05) is 18.5 Å². The zero-order chi connectivity index (χ0) is 21.6. The molecule has 0 aliphatic carbocycles. The number of amides is 1. The van der Waals surface area contributed by atoms with Gasteiger partial charge in [-0.05, 0) is 55.0 Å². The van der Waals surface area contributed by atoms with Gasteiger partial charge in [-0.25, -0.2) is 0 Å². The van der Waals surface area contributed by atoms with Gasteiger partial charge in [-0.2, -0.15) is 0 Å². The predicted molar refractivity (Wildman–Crippen MR) is 127 cm³/mol.